The van der Waals surface area contributed by atoms with Gasteiger partial charge in [-0.1, -0.05) is 13.0 Å². The van der Waals surface area contributed by atoms with Crippen molar-refractivity contribution in [3.05, 3.63) is 23.8 Å². The molecule has 16 heavy (non-hydrogen) atoms. The van der Waals surface area contributed by atoms with Crippen molar-refractivity contribution in [3.63, 3.8) is 0 Å². The van der Waals surface area contributed by atoms with Crippen molar-refractivity contribution in [3.8, 4) is 11.5 Å². The molecular weight excluding hydrogens is 202 g/mol. The van der Waals surface area contributed by atoms with Gasteiger partial charge in [0.1, 0.15) is 0 Å². The fourth-order valence-electron chi connectivity index (χ4n) is 2.24. The molecular formula is C13H19NO2. The van der Waals surface area contributed by atoms with Gasteiger partial charge in [0.25, 0.3) is 0 Å². The summed E-state index contributed by atoms with van der Waals surface area (Å²) in [6, 6.07) is 6.60. The first-order valence-electron chi connectivity index (χ1n) is 5.70. The van der Waals surface area contributed by atoms with Gasteiger partial charge in [-0.05, 0) is 36.6 Å². The van der Waals surface area contributed by atoms with Crippen LogP contribution >= 0.6 is 0 Å². The normalized spacial score (nSPS) is 24.4. The van der Waals surface area contributed by atoms with E-state index in [2.05, 4.69) is 24.4 Å². The van der Waals surface area contributed by atoms with Crippen LogP contribution in [0.3, 0.4) is 0 Å². The van der Waals surface area contributed by atoms with E-state index >= 15 is 0 Å². The van der Waals surface area contributed by atoms with Gasteiger partial charge >= 0.3 is 0 Å². The van der Waals surface area contributed by atoms with Crippen LogP contribution in [0.1, 0.15) is 24.9 Å². The van der Waals surface area contributed by atoms with E-state index in [4.69, 9.17) is 9.47 Å². The summed E-state index contributed by atoms with van der Waals surface area (Å²) in [6.07, 6.45) is 1.19. The number of methoxy groups -OCH3 is 2. The highest BCUT2D eigenvalue weighted by Crippen LogP contribution is 2.33. The minimum absolute atomic E-state index is 0.454. The predicted molar refractivity (Wildman–Crippen MR) is 64.1 cm³/mol. The molecule has 1 N–H and O–H groups in total. The predicted octanol–water partition coefficient (Wildman–Crippen LogP) is 2.37. The number of ether oxygens (including phenoxy) is 2. The van der Waals surface area contributed by atoms with Gasteiger partial charge in [0, 0.05) is 6.04 Å². The molecule has 0 unspecified atom stereocenters. The Morgan fingerprint density at radius 2 is 1.94 bits per heavy atom. The van der Waals surface area contributed by atoms with Crippen LogP contribution in [0.5, 0.6) is 11.5 Å². The minimum atomic E-state index is 0.454. The maximum absolute atomic E-state index is 5.31. The van der Waals surface area contributed by atoms with Crippen molar-refractivity contribution in [1.29, 1.82) is 0 Å². The molecule has 3 heteroatoms. The summed E-state index contributed by atoms with van der Waals surface area (Å²) in [4.78, 5) is 0. The van der Waals surface area contributed by atoms with Crippen molar-refractivity contribution >= 4 is 0 Å². The Labute approximate surface area is 96.8 Å². The lowest BCUT2D eigenvalue weighted by molar-refractivity contribution is 0.354. The molecule has 0 bridgehead atoms. The maximum atomic E-state index is 5.31. The summed E-state index contributed by atoms with van der Waals surface area (Å²) in [5, 5.41) is 3.52. The van der Waals surface area contributed by atoms with Gasteiger partial charge in [-0.25, -0.2) is 0 Å². The molecule has 0 aliphatic carbocycles. The molecule has 1 aromatic rings. The Hall–Kier alpha value is -1.22. The van der Waals surface area contributed by atoms with Crippen LogP contribution in [0, 0.1) is 5.92 Å². The van der Waals surface area contributed by atoms with Crippen LogP contribution < -0.4 is 14.8 Å². The smallest absolute Gasteiger partial charge is 0.161 e. The Bertz CT molecular complexity index is 365. The van der Waals surface area contributed by atoms with Gasteiger partial charge in [0.15, 0.2) is 11.5 Å². The second-order valence-corrected chi connectivity index (χ2v) is 4.42. The van der Waals surface area contributed by atoms with Crippen molar-refractivity contribution in [2.24, 2.45) is 5.92 Å². The van der Waals surface area contributed by atoms with Crippen molar-refractivity contribution < 1.29 is 9.47 Å². The molecule has 3 nitrogen and oxygen atoms in total. The highest BCUT2D eigenvalue weighted by molar-refractivity contribution is 5.43. The van der Waals surface area contributed by atoms with E-state index in [9.17, 15) is 0 Å². The third kappa shape index (κ3) is 2.14. The van der Waals surface area contributed by atoms with E-state index in [1.54, 1.807) is 14.2 Å². The summed E-state index contributed by atoms with van der Waals surface area (Å²) in [5.74, 6) is 2.34. The second-order valence-electron chi connectivity index (χ2n) is 4.42. The zero-order valence-electron chi connectivity index (χ0n) is 10.1. The summed E-state index contributed by atoms with van der Waals surface area (Å²) < 4.78 is 10.5. The highest BCUT2D eigenvalue weighted by atomic mass is 16.5. The molecule has 0 amide bonds. The zero-order valence-corrected chi connectivity index (χ0v) is 10.1. The summed E-state index contributed by atoms with van der Waals surface area (Å²) in [6.45, 7) is 3.37. The molecule has 0 aromatic heterocycles. The molecule has 2 atom stereocenters. The molecule has 1 heterocycles. The zero-order chi connectivity index (χ0) is 11.5. The minimum Gasteiger partial charge on any atom is -0.493 e. The van der Waals surface area contributed by atoms with Crippen molar-refractivity contribution in [1.82, 2.24) is 5.32 Å². The monoisotopic (exact) mass is 221 g/mol. The number of rotatable bonds is 3. The number of nitrogens with one attached hydrogen (secondary N) is 1. The molecule has 0 saturated carbocycles. The fourth-order valence-corrected chi connectivity index (χ4v) is 2.24. The number of benzene rings is 1. The first kappa shape index (κ1) is 11.3. The first-order valence-corrected chi connectivity index (χ1v) is 5.70. The molecule has 1 aliphatic rings. The highest BCUT2D eigenvalue weighted by Gasteiger charge is 2.22. The molecule has 2 rings (SSSR count). The van der Waals surface area contributed by atoms with E-state index in [1.165, 1.54) is 12.0 Å². The Morgan fingerprint density at radius 3 is 2.50 bits per heavy atom. The SMILES string of the molecule is COc1ccc([C@@H]2C[C@H](C)CN2)cc1OC. The van der Waals surface area contributed by atoms with Crippen LogP contribution in [-0.4, -0.2) is 20.8 Å². The van der Waals surface area contributed by atoms with Crippen LogP contribution in [0.15, 0.2) is 18.2 Å². The van der Waals surface area contributed by atoms with Crippen LogP contribution in [-0.2, 0) is 0 Å². The number of hydrogen-bond donors (Lipinski definition) is 1. The summed E-state index contributed by atoms with van der Waals surface area (Å²) in [5.41, 5.74) is 1.28. The quantitative estimate of drug-likeness (QED) is 0.850. The molecule has 0 radical (unpaired) electrons. The lowest BCUT2D eigenvalue weighted by Crippen LogP contribution is -2.13. The van der Waals surface area contributed by atoms with Crippen LogP contribution in [0.25, 0.3) is 0 Å². The molecule has 1 aliphatic heterocycles. The van der Waals surface area contributed by atoms with Crippen LogP contribution in [0.4, 0.5) is 0 Å². The largest absolute Gasteiger partial charge is 0.493 e. The Kier molecular flexibility index (Phi) is 3.34. The third-order valence-electron chi connectivity index (χ3n) is 3.16. The van der Waals surface area contributed by atoms with Gasteiger partial charge in [-0.3, -0.25) is 0 Å². The third-order valence-corrected chi connectivity index (χ3v) is 3.16. The average Bonchev–Trinajstić information content (AvgIpc) is 2.75. The van der Waals surface area contributed by atoms with E-state index in [1.807, 2.05) is 6.07 Å². The lowest BCUT2D eigenvalue weighted by atomic mass is 10.0. The van der Waals surface area contributed by atoms with Gasteiger partial charge < -0.3 is 14.8 Å². The van der Waals surface area contributed by atoms with E-state index in [0.29, 0.717) is 6.04 Å². The van der Waals surface area contributed by atoms with Gasteiger partial charge in [0.2, 0.25) is 0 Å². The van der Waals surface area contributed by atoms with E-state index < -0.39 is 0 Å². The molecule has 1 saturated heterocycles. The van der Waals surface area contributed by atoms with Gasteiger partial charge in [-0.2, -0.15) is 0 Å². The van der Waals surface area contributed by atoms with Crippen molar-refractivity contribution in [2.45, 2.75) is 19.4 Å². The number of hydrogen-bond acceptors (Lipinski definition) is 3. The Balaban J connectivity index is 2.22. The fraction of sp³-hybridized carbons (Fsp3) is 0.538. The lowest BCUT2D eigenvalue weighted by Gasteiger charge is -2.14. The molecule has 88 valence electrons. The van der Waals surface area contributed by atoms with Gasteiger partial charge in [0.05, 0.1) is 14.2 Å². The van der Waals surface area contributed by atoms with Crippen molar-refractivity contribution in [2.75, 3.05) is 20.8 Å². The standard InChI is InChI=1S/C13H19NO2/c1-9-6-11(14-8-9)10-4-5-12(15-2)13(7-10)16-3/h4-5,7,9,11,14H,6,8H2,1-3H3/t9-,11-/m0/s1. The second kappa shape index (κ2) is 4.74. The topological polar surface area (TPSA) is 30.5 Å². The average molecular weight is 221 g/mol. The summed E-state index contributed by atoms with van der Waals surface area (Å²) >= 11 is 0. The van der Waals surface area contributed by atoms with E-state index in [-0.39, 0.29) is 0 Å². The molecule has 1 aromatic carbocycles. The first-order chi connectivity index (χ1) is 7.74. The van der Waals surface area contributed by atoms with Gasteiger partial charge in [-0.15, -0.1) is 0 Å². The molecule has 1 fully saturated rings. The van der Waals surface area contributed by atoms with E-state index in [0.717, 1.165) is 24.0 Å². The summed E-state index contributed by atoms with van der Waals surface area (Å²) in [7, 11) is 3.33. The molecule has 0 spiro atoms. The van der Waals surface area contributed by atoms with Crippen LogP contribution in [0.2, 0.25) is 0 Å². The maximum Gasteiger partial charge on any atom is 0.161 e. The Morgan fingerprint density at radius 1 is 1.19 bits per heavy atom.